The van der Waals surface area contributed by atoms with Crippen LogP contribution in [0.2, 0.25) is 0 Å². The van der Waals surface area contributed by atoms with Gasteiger partial charge in [-0.3, -0.25) is 9.59 Å². The highest BCUT2D eigenvalue weighted by molar-refractivity contribution is 7.18. The SMILES string of the molecule is N#CCOc1ccc(NC(=O)CNC(=O)Cc2nc3ccc(-c4ccccc4)cc3s2)cc1. The second-order valence-corrected chi connectivity index (χ2v) is 8.24. The standard InChI is InChI=1S/C25H20N4O3S/c26-12-13-32-20-9-7-19(8-10-20)28-24(31)16-27-23(30)15-25-29-21-11-6-18(14-22(21)33-25)17-4-2-1-3-5-17/h1-11,14H,13,15-16H2,(H,27,30)(H,28,31). The molecule has 1 aromatic heterocycles. The molecule has 0 aliphatic carbocycles. The first kappa shape index (κ1) is 22.0. The number of rotatable bonds is 8. The van der Waals surface area contributed by atoms with Gasteiger partial charge in [0.2, 0.25) is 11.8 Å². The molecule has 8 heteroatoms. The van der Waals surface area contributed by atoms with Gasteiger partial charge in [-0.2, -0.15) is 5.26 Å². The molecule has 2 amide bonds. The average molecular weight is 457 g/mol. The highest BCUT2D eigenvalue weighted by atomic mass is 32.1. The number of anilines is 1. The second kappa shape index (κ2) is 10.4. The van der Waals surface area contributed by atoms with E-state index in [1.165, 1.54) is 11.3 Å². The maximum atomic E-state index is 12.3. The van der Waals surface area contributed by atoms with Gasteiger partial charge in [-0.1, -0.05) is 36.4 Å². The second-order valence-electron chi connectivity index (χ2n) is 7.13. The third-order valence-electron chi connectivity index (χ3n) is 4.74. The molecule has 33 heavy (non-hydrogen) atoms. The van der Waals surface area contributed by atoms with Crippen LogP contribution in [-0.4, -0.2) is 29.9 Å². The summed E-state index contributed by atoms with van der Waals surface area (Å²) >= 11 is 1.47. The predicted octanol–water partition coefficient (Wildman–Crippen LogP) is 4.16. The Hall–Kier alpha value is -4.22. The molecule has 0 atom stereocenters. The van der Waals surface area contributed by atoms with E-state index < -0.39 is 0 Å². The normalized spacial score (nSPS) is 10.4. The van der Waals surface area contributed by atoms with E-state index in [1.54, 1.807) is 24.3 Å². The van der Waals surface area contributed by atoms with Crippen LogP contribution in [0, 0.1) is 11.3 Å². The number of nitriles is 1. The number of benzene rings is 3. The Bertz CT molecular complexity index is 1310. The van der Waals surface area contributed by atoms with Crippen molar-refractivity contribution in [3.05, 3.63) is 77.8 Å². The van der Waals surface area contributed by atoms with Gasteiger partial charge in [-0.25, -0.2) is 4.98 Å². The molecular formula is C25H20N4O3S. The lowest BCUT2D eigenvalue weighted by atomic mass is 10.1. The highest BCUT2D eigenvalue weighted by Gasteiger charge is 2.11. The Morgan fingerprint density at radius 2 is 1.76 bits per heavy atom. The fourth-order valence-corrected chi connectivity index (χ4v) is 4.20. The lowest BCUT2D eigenvalue weighted by Crippen LogP contribution is -2.33. The minimum atomic E-state index is -0.342. The molecule has 164 valence electrons. The molecule has 0 spiro atoms. The van der Waals surface area contributed by atoms with E-state index in [0.717, 1.165) is 21.3 Å². The van der Waals surface area contributed by atoms with Crippen molar-refractivity contribution in [1.82, 2.24) is 10.3 Å². The predicted molar refractivity (Wildman–Crippen MR) is 128 cm³/mol. The van der Waals surface area contributed by atoms with Crippen molar-refractivity contribution < 1.29 is 14.3 Å². The molecule has 1 heterocycles. The summed E-state index contributed by atoms with van der Waals surface area (Å²) in [5, 5.41) is 14.5. The Balaban J connectivity index is 1.29. The van der Waals surface area contributed by atoms with Gasteiger partial charge in [0.15, 0.2) is 6.61 Å². The molecule has 2 N–H and O–H groups in total. The quantitative estimate of drug-likeness (QED) is 0.414. The van der Waals surface area contributed by atoms with Gasteiger partial charge in [0.25, 0.3) is 0 Å². The average Bonchev–Trinajstić information content (AvgIpc) is 3.24. The molecule has 4 rings (SSSR count). The fraction of sp³-hybridized carbons (Fsp3) is 0.120. The number of thiazole rings is 1. The molecular weight excluding hydrogens is 436 g/mol. The summed E-state index contributed by atoms with van der Waals surface area (Å²) in [6, 6.07) is 24.7. The van der Waals surface area contributed by atoms with Crippen LogP contribution in [0.25, 0.3) is 21.3 Å². The third-order valence-corrected chi connectivity index (χ3v) is 5.76. The van der Waals surface area contributed by atoms with Gasteiger partial charge in [-0.05, 0) is 47.5 Å². The van der Waals surface area contributed by atoms with Crippen LogP contribution in [0.5, 0.6) is 5.75 Å². The monoisotopic (exact) mass is 456 g/mol. The van der Waals surface area contributed by atoms with E-state index in [9.17, 15) is 9.59 Å². The van der Waals surface area contributed by atoms with Gasteiger partial charge in [-0.15, -0.1) is 11.3 Å². The van der Waals surface area contributed by atoms with E-state index in [1.807, 2.05) is 36.4 Å². The minimum Gasteiger partial charge on any atom is -0.479 e. The van der Waals surface area contributed by atoms with Gasteiger partial charge >= 0.3 is 0 Å². The first-order chi connectivity index (χ1) is 16.1. The van der Waals surface area contributed by atoms with Crippen LogP contribution >= 0.6 is 11.3 Å². The Labute approximate surface area is 194 Å². The zero-order valence-electron chi connectivity index (χ0n) is 17.6. The molecule has 0 aliphatic rings. The number of aromatic nitrogens is 1. The number of fused-ring (bicyclic) bond motifs is 1. The topological polar surface area (TPSA) is 104 Å². The van der Waals surface area contributed by atoms with Gasteiger partial charge in [0, 0.05) is 5.69 Å². The summed E-state index contributed by atoms with van der Waals surface area (Å²) in [5.41, 5.74) is 3.65. The van der Waals surface area contributed by atoms with Crippen LogP contribution in [0.4, 0.5) is 5.69 Å². The molecule has 0 bridgehead atoms. The summed E-state index contributed by atoms with van der Waals surface area (Å²) in [6.07, 6.45) is 0.109. The summed E-state index contributed by atoms with van der Waals surface area (Å²) in [6.45, 7) is -0.185. The maximum Gasteiger partial charge on any atom is 0.243 e. The molecule has 0 unspecified atom stereocenters. The van der Waals surface area contributed by atoms with Crippen molar-refractivity contribution in [1.29, 1.82) is 5.26 Å². The molecule has 4 aromatic rings. The van der Waals surface area contributed by atoms with Crippen LogP contribution in [0.15, 0.2) is 72.8 Å². The maximum absolute atomic E-state index is 12.3. The van der Waals surface area contributed by atoms with E-state index >= 15 is 0 Å². The lowest BCUT2D eigenvalue weighted by molar-refractivity contribution is -0.123. The number of hydrogen-bond donors (Lipinski definition) is 2. The molecule has 0 radical (unpaired) electrons. The van der Waals surface area contributed by atoms with Crippen molar-refractivity contribution in [3.8, 4) is 22.9 Å². The van der Waals surface area contributed by atoms with Crippen molar-refractivity contribution in [2.24, 2.45) is 0 Å². The van der Waals surface area contributed by atoms with Crippen LogP contribution < -0.4 is 15.4 Å². The zero-order chi connectivity index (χ0) is 23.0. The number of nitrogens with one attached hydrogen (secondary N) is 2. The van der Waals surface area contributed by atoms with Crippen molar-refractivity contribution in [2.75, 3.05) is 18.5 Å². The molecule has 0 aliphatic heterocycles. The molecule has 0 fully saturated rings. The van der Waals surface area contributed by atoms with Crippen molar-refractivity contribution >= 4 is 39.1 Å². The van der Waals surface area contributed by atoms with Crippen molar-refractivity contribution in [3.63, 3.8) is 0 Å². The number of amides is 2. The van der Waals surface area contributed by atoms with Crippen LogP contribution in [0.1, 0.15) is 5.01 Å². The smallest absolute Gasteiger partial charge is 0.243 e. The zero-order valence-corrected chi connectivity index (χ0v) is 18.4. The molecule has 0 saturated carbocycles. The van der Waals surface area contributed by atoms with Gasteiger partial charge in [0.1, 0.15) is 16.8 Å². The third kappa shape index (κ3) is 5.93. The van der Waals surface area contributed by atoms with Gasteiger partial charge < -0.3 is 15.4 Å². The first-order valence-corrected chi connectivity index (χ1v) is 11.0. The van der Waals surface area contributed by atoms with E-state index in [4.69, 9.17) is 10.00 Å². The first-order valence-electron chi connectivity index (χ1n) is 10.2. The van der Waals surface area contributed by atoms with E-state index in [0.29, 0.717) is 16.4 Å². The van der Waals surface area contributed by atoms with Gasteiger partial charge in [0.05, 0.1) is 23.2 Å². The van der Waals surface area contributed by atoms with E-state index in [-0.39, 0.29) is 31.4 Å². The van der Waals surface area contributed by atoms with Crippen molar-refractivity contribution in [2.45, 2.75) is 6.42 Å². The number of ether oxygens (including phenoxy) is 1. The lowest BCUT2D eigenvalue weighted by Gasteiger charge is -2.07. The minimum absolute atomic E-state index is 0.0411. The largest absolute Gasteiger partial charge is 0.479 e. The number of hydrogen-bond acceptors (Lipinski definition) is 6. The number of nitrogens with zero attached hydrogens (tertiary/aromatic N) is 2. The summed E-state index contributed by atoms with van der Waals surface area (Å²) in [7, 11) is 0. The molecule has 7 nitrogen and oxygen atoms in total. The summed E-state index contributed by atoms with van der Waals surface area (Å²) in [5.74, 6) is -0.0758. The highest BCUT2D eigenvalue weighted by Crippen LogP contribution is 2.28. The van der Waals surface area contributed by atoms with Crippen LogP contribution in [0.3, 0.4) is 0 Å². The summed E-state index contributed by atoms with van der Waals surface area (Å²) < 4.78 is 6.18. The Morgan fingerprint density at radius 1 is 0.970 bits per heavy atom. The summed E-state index contributed by atoms with van der Waals surface area (Å²) in [4.78, 5) is 29.0. The van der Waals surface area contributed by atoms with Crippen LogP contribution in [-0.2, 0) is 16.0 Å². The Morgan fingerprint density at radius 3 is 2.52 bits per heavy atom. The van der Waals surface area contributed by atoms with E-state index in [2.05, 4.69) is 33.8 Å². The number of carbonyl (C=O) groups excluding carboxylic acids is 2. The molecule has 3 aromatic carbocycles. The fourth-order valence-electron chi connectivity index (χ4n) is 3.19. The Kier molecular flexibility index (Phi) is 6.93. The molecule has 0 saturated heterocycles. The number of carbonyl (C=O) groups is 2.